The number of ether oxygens (including phenoxy) is 2. The van der Waals surface area contributed by atoms with Crippen LogP contribution in [0, 0.1) is 0 Å². The van der Waals surface area contributed by atoms with Crippen molar-refractivity contribution < 1.29 is 9.47 Å². The zero-order valence-electron chi connectivity index (χ0n) is 13.1. The van der Waals surface area contributed by atoms with Crippen LogP contribution in [-0.2, 0) is 0 Å². The third-order valence-electron chi connectivity index (χ3n) is 3.97. The van der Waals surface area contributed by atoms with E-state index in [1.54, 1.807) is 14.2 Å². The molecule has 1 aliphatic rings. The largest absolute Gasteiger partial charge is 0.495 e. The Morgan fingerprint density at radius 3 is 2.43 bits per heavy atom. The highest BCUT2D eigenvalue weighted by atomic mass is 35.5. The summed E-state index contributed by atoms with van der Waals surface area (Å²) in [6.45, 7) is 5.33. The molecule has 1 aromatic rings. The Labute approximate surface area is 132 Å². The Hall–Kier alpha value is -1.13. The molecule has 1 saturated heterocycles. The maximum absolute atomic E-state index is 6.26. The van der Waals surface area contributed by atoms with Gasteiger partial charge < -0.3 is 19.7 Å². The van der Waals surface area contributed by atoms with Crippen molar-refractivity contribution in [2.24, 2.45) is 0 Å². The summed E-state index contributed by atoms with van der Waals surface area (Å²) in [6.07, 6.45) is 3.47. The van der Waals surface area contributed by atoms with Crippen LogP contribution < -0.4 is 19.7 Å². The summed E-state index contributed by atoms with van der Waals surface area (Å²) < 4.78 is 10.7. The fraction of sp³-hybridized carbons (Fsp3) is 0.625. The second-order valence-corrected chi connectivity index (χ2v) is 5.78. The lowest BCUT2D eigenvalue weighted by Crippen LogP contribution is -2.42. The van der Waals surface area contributed by atoms with E-state index >= 15 is 0 Å². The molecule has 4 nitrogen and oxygen atoms in total. The van der Waals surface area contributed by atoms with Gasteiger partial charge in [0, 0.05) is 25.2 Å². The number of anilines is 1. The molecule has 0 unspecified atom stereocenters. The Morgan fingerprint density at radius 1 is 1.19 bits per heavy atom. The van der Waals surface area contributed by atoms with Crippen molar-refractivity contribution in [3.8, 4) is 11.5 Å². The van der Waals surface area contributed by atoms with Gasteiger partial charge in [0.2, 0.25) is 0 Å². The van der Waals surface area contributed by atoms with E-state index in [0.29, 0.717) is 16.8 Å². The van der Waals surface area contributed by atoms with Crippen LogP contribution in [0.5, 0.6) is 11.5 Å². The van der Waals surface area contributed by atoms with Gasteiger partial charge in [-0.15, -0.1) is 0 Å². The van der Waals surface area contributed by atoms with Crippen molar-refractivity contribution in [3.63, 3.8) is 0 Å². The lowest BCUT2D eigenvalue weighted by atomic mass is 10.0. The van der Waals surface area contributed by atoms with Gasteiger partial charge in [-0.05, 0) is 31.9 Å². The normalized spacial score (nSPS) is 16.1. The van der Waals surface area contributed by atoms with E-state index in [4.69, 9.17) is 21.1 Å². The third-order valence-corrected chi connectivity index (χ3v) is 4.27. The molecule has 2 rings (SSSR count). The van der Waals surface area contributed by atoms with E-state index in [2.05, 4.69) is 17.1 Å². The molecule has 5 heteroatoms. The summed E-state index contributed by atoms with van der Waals surface area (Å²) >= 11 is 6.26. The zero-order valence-corrected chi connectivity index (χ0v) is 13.9. The van der Waals surface area contributed by atoms with E-state index in [0.717, 1.165) is 43.9 Å². The molecule has 1 aliphatic heterocycles. The highest BCUT2D eigenvalue weighted by Crippen LogP contribution is 2.38. The molecule has 0 radical (unpaired) electrons. The number of piperidine rings is 1. The van der Waals surface area contributed by atoms with E-state index in [9.17, 15) is 0 Å². The summed E-state index contributed by atoms with van der Waals surface area (Å²) in [5, 5.41) is 4.22. The number of halogens is 1. The molecule has 1 N–H and O–H groups in total. The van der Waals surface area contributed by atoms with E-state index in [1.807, 2.05) is 12.1 Å². The molecule has 1 aromatic carbocycles. The number of benzene rings is 1. The van der Waals surface area contributed by atoms with Gasteiger partial charge in [0.1, 0.15) is 11.5 Å². The quantitative estimate of drug-likeness (QED) is 0.873. The molecular formula is C16H25ClN2O2. The minimum absolute atomic E-state index is 0.625. The first-order valence-electron chi connectivity index (χ1n) is 7.59. The minimum Gasteiger partial charge on any atom is -0.495 e. The maximum atomic E-state index is 6.26. The molecule has 0 spiro atoms. The Morgan fingerprint density at radius 2 is 1.86 bits per heavy atom. The second-order valence-electron chi connectivity index (χ2n) is 5.37. The summed E-state index contributed by atoms with van der Waals surface area (Å²) in [5.41, 5.74) is 1.05. The van der Waals surface area contributed by atoms with Crippen LogP contribution in [0.15, 0.2) is 12.1 Å². The molecule has 0 saturated carbocycles. The molecular weight excluding hydrogens is 288 g/mol. The van der Waals surface area contributed by atoms with Crippen LogP contribution in [-0.4, -0.2) is 39.9 Å². The smallest absolute Gasteiger partial charge is 0.145 e. The first-order valence-corrected chi connectivity index (χ1v) is 7.97. The molecule has 1 heterocycles. The number of nitrogens with zero attached hydrogens (tertiary/aromatic N) is 1. The predicted molar refractivity (Wildman–Crippen MR) is 88.1 cm³/mol. The van der Waals surface area contributed by atoms with Crippen LogP contribution in [0.3, 0.4) is 0 Å². The number of hydrogen-bond acceptors (Lipinski definition) is 4. The van der Waals surface area contributed by atoms with E-state index in [-0.39, 0.29) is 0 Å². The second kappa shape index (κ2) is 7.76. The van der Waals surface area contributed by atoms with Gasteiger partial charge in [-0.25, -0.2) is 0 Å². The first-order chi connectivity index (χ1) is 10.2. The standard InChI is InChI=1S/C16H25ClN2O2/c1-4-7-18-12-5-8-19(9-6-12)14-10-13(17)15(20-2)11-16(14)21-3/h10-12,18H,4-9H2,1-3H3. The topological polar surface area (TPSA) is 33.7 Å². The predicted octanol–water partition coefficient (Wildman–Crippen LogP) is 3.33. The van der Waals surface area contributed by atoms with Gasteiger partial charge in [-0.1, -0.05) is 18.5 Å². The lowest BCUT2D eigenvalue weighted by molar-refractivity contribution is 0.387. The van der Waals surface area contributed by atoms with Crippen molar-refractivity contribution >= 4 is 17.3 Å². The highest BCUT2D eigenvalue weighted by Gasteiger charge is 2.22. The van der Waals surface area contributed by atoms with Crippen LogP contribution in [0.4, 0.5) is 5.69 Å². The number of methoxy groups -OCH3 is 2. The average molecular weight is 313 g/mol. The van der Waals surface area contributed by atoms with Crippen molar-refractivity contribution in [3.05, 3.63) is 17.2 Å². The number of nitrogens with one attached hydrogen (secondary N) is 1. The summed E-state index contributed by atoms with van der Waals surface area (Å²) in [6, 6.07) is 4.43. The Bertz CT molecular complexity index is 460. The molecule has 118 valence electrons. The van der Waals surface area contributed by atoms with Crippen molar-refractivity contribution in [2.45, 2.75) is 32.2 Å². The SMILES string of the molecule is CCCNC1CCN(c2cc(Cl)c(OC)cc2OC)CC1. The Kier molecular flexibility index (Phi) is 6.00. The number of rotatable bonds is 6. The number of hydrogen-bond donors (Lipinski definition) is 1. The minimum atomic E-state index is 0.625. The highest BCUT2D eigenvalue weighted by molar-refractivity contribution is 6.32. The summed E-state index contributed by atoms with van der Waals surface area (Å²) in [7, 11) is 3.30. The van der Waals surface area contributed by atoms with Gasteiger partial charge in [0.25, 0.3) is 0 Å². The zero-order chi connectivity index (χ0) is 15.2. The fourth-order valence-electron chi connectivity index (χ4n) is 2.76. The fourth-order valence-corrected chi connectivity index (χ4v) is 3.00. The average Bonchev–Trinajstić information content (AvgIpc) is 2.53. The van der Waals surface area contributed by atoms with E-state index < -0.39 is 0 Å². The van der Waals surface area contributed by atoms with Crippen molar-refractivity contribution in [2.75, 3.05) is 38.8 Å². The maximum Gasteiger partial charge on any atom is 0.145 e. The molecule has 0 aliphatic carbocycles. The van der Waals surface area contributed by atoms with Gasteiger partial charge in [-0.3, -0.25) is 0 Å². The molecule has 1 fully saturated rings. The molecule has 0 atom stereocenters. The summed E-state index contributed by atoms with van der Waals surface area (Å²) in [4.78, 5) is 2.34. The van der Waals surface area contributed by atoms with Gasteiger partial charge in [-0.2, -0.15) is 0 Å². The molecule has 0 aromatic heterocycles. The Balaban J connectivity index is 2.07. The van der Waals surface area contributed by atoms with Crippen molar-refractivity contribution in [1.82, 2.24) is 5.32 Å². The molecule has 0 bridgehead atoms. The molecule has 0 amide bonds. The van der Waals surface area contributed by atoms with Crippen LogP contribution in [0.25, 0.3) is 0 Å². The lowest BCUT2D eigenvalue weighted by Gasteiger charge is -2.35. The van der Waals surface area contributed by atoms with Crippen LogP contribution >= 0.6 is 11.6 Å². The molecule has 21 heavy (non-hydrogen) atoms. The third kappa shape index (κ3) is 3.95. The van der Waals surface area contributed by atoms with Gasteiger partial charge in [0.05, 0.1) is 24.9 Å². The van der Waals surface area contributed by atoms with Crippen LogP contribution in [0.1, 0.15) is 26.2 Å². The van der Waals surface area contributed by atoms with E-state index in [1.165, 1.54) is 6.42 Å². The van der Waals surface area contributed by atoms with Gasteiger partial charge in [0.15, 0.2) is 0 Å². The summed E-state index contributed by atoms with van der Waals surface area (Å²) in [5.74, 6) is 1.47. The van der Waals surface area contributed by atoms with Crippen LogP contribution in [0.2, 0.25) is 5.02 Å². The van der Waals surface area contributed by atoms with Gasteiger partial charge >= 0.3 is 0 Å². The van der Waals surface area contributed by atoms with Crippen molar-refractivity contribution in [1.29, 1.82) is 0 Å². The monoisotopic (exact) mass is 312 g/mol. The first kappa shape index (κ1) is 16.2.